The van der Waals surface area contributed by atoms with Crippen molar-refractivity contribution < 1.29 is 4.74 Å². The molecule has 0 amide bonds. The van der Waals surface area contributed by atoms with Crippen LogP contribution in [-0.4, -0.2) is 35.2 Å². The van der Waals surface area contributed by atoms with E-state index in [0.29, 0.717) is 24.6 Å². The summed E-state index contributed by atoms with van der Waals surface area (Å²) in [6, 6.07) is 9.17. The van der Waals surface area contributed by atoms with Gasteiger partial charge in [0.25, 0.3) is 5.88 Å². The van der Waals surface area contributed by atoms with Crippen LogP contribution in [0.3, 0.4) is 0 Å². The second-order valence-corrected chi connectivity index (χ2v) is 6.92. The van der Waals surface area contributed by atoms with Crippen LogP contribution in [-0.2, 0) is 0 Å². The first-order valence-electron chi connectivity index (χ1n) is 9.28. The van der Waals surface area contributed by atoms with Gasteiger partial charge >= 0.3 is 0 Å². The van der Waals surface area contributed by atoms with Crippen molar-refractivity contribution in [2.24, 2.45) is 0 Å². The fraction of sp³-hybridized carbons (Fsp3) is 0.579. The fourth-order valence-electron chi connectivity index (χ4n) is 3.27. The molecular weight excluding hydrogens is 300 g/mol. The molecule has 1 aromatic heterocycles. The van der Waals surface area contributed by atoms with Gasteiger partial charge in [0.15, 0.2) is 5.82 Å². The molecular formula is C19H26N4O. The summed E-state index contributed by atoms with van der Waals surface area (Å²) in [6.45, 7) is 1.86. The third-order valence-electron chi connectivity index (χ3n) is 4.80. The molecule has 0 unspecified atom stereocenters. The molecule has 1 saturated carbocycles. The minimum atomic E-state index is 0.536. The lowest BCUT2D eigenvalue weighted by molar-refractivity contribution is 0.278. The number of hydrogen-bond acceptors (Lipinski definition) is 5. The molecule has 2 heterocycles. The second kappa shape index (κ2) is 7.34. The molecule has 5 heteroatoms. The molecule has 1 aliphatic heterocycles. The molecule has 1 aliphatic carbocycles. The predicted octanol–water partition coefficient (Wildman–Crippen LogP) is 3.51. The van der Waals surface area contributed by atoms with Gasteiger partial charge in [0.05, 0.1) is 17.6 Å². The summed E-state index contributed by atoms with van der Waals surface area (Å²) < 4.78 is 6.00. The van der Waals surface area contributed by atoms with E-state index >= 15 is 0 Å². The Balaban J connectivity index is 1.39. The van der Waals surface area contributed by atoms with Gasteiger partial charge in [0.2, 0.25) is 0 Å². The first-order valence-corrected chi connectivity index (χ1v) is 9.28. The number of anilines is 1. The van der Waals surface area contributed by atoms with Crippen molar-refractivity contribution in [2.45, 2.75) is 57.0 Å². The van der Waals surface area contributed by atoms with Crippen LogP contribution in [0, 0.1) is 0 Å². The molecule has 2 N–H and O–H groups in total. The number of fused-ring (bicyclic) bond motifs is 1. The normalized spacial score (nSPS) is 20.9. The topological polar surface area (TPSA) is 59.1 Å². The highest BCUT2D eigenvalue weighted by molar-refractivity contribution is 5.77. The summed E-state index contributed by atoms with van der Waals surface area (Å²) in [6.07, 6.45) is 8.61. The van der Waals surface area contributed by atoms with Crippen LogP contribution in [0.4, 0.5) is 5.82 Å². The molecule has 4 rings (SSSR count). The zero-order valence-electron chi connectivity index (χ0n) is 14.1. The molecule has 1 saturated heterocycles. The zero-order chi connectivity index (χ0) is 16.2. The summed E-state index contributed by atoms with van der Waals surface area (Å²) >= 11 is 0. The number of rotatable bonds is 7. The first kappa shape index (κ1) is 15.6. The molecule has 24 heavy (non-hydrogen) atoms. The average molecular weight is 326 g/mol. The van der Waals surface area contributed by atoms with Crippen LogP contribution < -0.4 is 15.4 Å². The predicted molar refractivity (Wildman–Crippen MR) is 96.6 cm³/mol. The highest BCUT2D eigenvalue weighted by Crippen LogP contribution is 2.30. The van der Waals surface area contributed by atoms with Crippen molar-refractivity contribution >= 4 is 16.9 Å². The molecule has 1 atom stereocenters. The Morgan fingerprint density at radius 1 is 1.08 bits per heavy atom. The minimum absolute atomic E-state index is 0.536. The maximum atomic E-state index is 6.00. The summed E-state index contributed by atoms with van der Waals surface area (Å²) in [5, 5.41) is 7.05. The highest BCUT2D eigenvalue weighted by atomic mass is 16.5. The van der Waals surface area contributed by atoms with Gasteiger partial charge in [-0.05, 0) is 57.2 Å². The highest BCUT2D eigenvalue weighted by Gasteiger charge is 2.24. The third-order valence-corrected chi connectivity index (χ3v) is 4.80. The average Bonchev–Trinajstić information content (AvgIpc) is 3.44. The Labute approximate surface area is 143 Å². The van der Waals surface area contributed by atoms with Crippen molar-refractivity contribution in [2.75, 3.05) is 18.5 Å². The Morgan fingerprint density at radius 3 is 2.67 bits per heavy atom. The van der Waals surface area contributed by atoms with E-state index in [4.69, 9.17) is 9.72 Å². The number of nitrogens with zero attached hydrogens (tertiary/aromatic N) is 2. The number of piperidine rings is 1. The number of para-hydroxylation sites is 2. The second-order valence-electron chi connectivity index (χ2n) is 6.92. The summed E-state index contributed by atoms with van der Waals surface area (Å²) in [5.41, 5.74) is 1.81. The zero-order valence-corrected chi connectivity index (χ0v) is 14.1. The molecule has 0 radical (unpaired) electrons. The summed E-state index contributed by atoms with van der Waals surface area (Å²) in [4.78, 5) is 9.39. The quantitative estimate of drug-likeness (QED) is 0.763. The summed E-state index contributed by atoms with van der Waals surface area (Å²) in [5.74, 6) is 1.45. The number of benzene rings is 1. The Kier molecular flexibility index (Phi) is 4.78. The van der Waals surface area contributed by atoms with Gasteiger partial charge in [-0.25, -0.2) is 9.97 Å². The van der Waals surface area contributed by atoms with E-state index < -0.39 is 0 Å². The van der Waals surface area contributed by atoms with E-state index in [9.17, 15) is 0 Å². The van der Waals surface area contributed by atoms with E-state index in [1.54, 1.807) is 0 Å². The largest absolute Gasteiger partial charge is 0.475 e. The first-order chi connectivity index (χ1) is 11.9. The van der Waals surface area contributed by atoms with Crippen molar-refractivity contribution in [3.63, 3.8) is 0 Å². The Bertz CT molecular complexity index is 680. The van der Waals surface area contributed by atoms with Crippen LogP contribution in [0.15, 0.2) is 24.3 Å². The lowest BCUT2D eigenvalue weighted by Gasteiger charge is -2.23. The van der Waals surface area contributed by atoms with E-state index in [2.05, 4.69) is 15.6 Å². The van der Waals surface area contributed by atoms with Gasteiger partial charge in [-0.1, -0.05) is 18.6 Å². The van der Waals surface area contributed by atoms with Gasteiger partial charge in [-0.2, -0.15) is 0 Å². The van der Waals surface area contributed by atoms with Gasteiger partial charge < -0.3 is 15.4 Å². The minimum Gasteiger partial charge on any atom is -0.475 e. The van der Waals surface area contributed by atoms with E-state index in [1.807, 2.05) is 24.3 Å². The van der Waals surface area contributed by atoms with Crippen LogP contribution in [0.1, 0.15) is 44.9 Å². The van der Waals surface area contributed by atoms with Crippen molar-refractivity contribution in [1.82, 2.24) is 15.3 Å². The molecule has 1 aromatic carbocycles. The van der Waals surface area contributed by atoms with Gasteiger partial charge in [0.1, 0.15) is 0 Å². The lowest BCUT2D eigenvalue weighted by atomic mass is 10.0. The molecule has 0 bridgehead atoms. The maximum Gasteiger partial charge on any atom is 0.258 e. The summed E-state index contributed by atoms with van der Waals surface area (Å²) in [7, 11) is 0. The number of hydrogen-bond donors (Lipinski definition) is 2. The SMILES string of the molecule is c1ccc2nc(OCCC[C@@H]3CCCCN3)c(NC3CC3)nc2c1. The molecule has 2 aromatic rings. The standard InChI is InChI=1S/C19H26N4O/c1-2-9-17-16(8-1)22-18(21-15-10-11-15)19(23-17)24-13-5-7-14-6-3-4-12-20-14/h1-2,8-9,14-15,20H,3-7,10-13H2,(H,21,22)/t14-/m0/s1. The van der Waals surface area contributed by atoms with E-state index in [1.165, 1.54) is 38.5 Å². The monoisotopic (exact) mass is 326 g/mol. The number of aromatic nitrogens is 2. The fourth-order valence-corrected chi connectivity index (χ4v) is 3.27. The van der Waals surface area contributed by atoms with Crippen LogP contribution in [0.25, 0.3) is 11.0 Å². The van der Waals surface area contributed by atoms with Crippen molar-refractivity contribution in [1.29, 1.82) is 0 Å². The molecule has 128 valence electrons. The number of nitrogens with one attached hydrogen (secondary N) is 2. The van der Waals surface area contributed by atoms with Gasteiger partial charge in [-0.3, -0.25) is 0 Å². The van der Waals surface area contributed by atoms with Crippen LogP contribution in [0.5, 0.6) is 5.88 Å². The molecule has 0 spiro atoms. The maximum absolute atomic E-state index is 6.00. The molecule has 2 fully saturated rings. The molecule has 5 nitrogen and oxygen atoms in total. The van der Waals surface area contributed by atoms with Crippen molar-refractivity contribution in [3.8, 4) is 5.88 Å². The van der Waals surface area contributed by atoms with Gasteiger partial charge in [-0.15, -0.1) is 0 Å². The molecule has 2 aliphatic rings. The smallest absolute Gasteiger partial charge is 0.258 e. The van der Waals surface area contributed by atoms with E-state index in [-0.39, 0.29) is 0 Å². The van der Waals surface area contributed by atoms with E-state index in [0.717, 1.165) is 29.8 Å². The Hall–Kier alpha value is -1.88. The van der Waals surface area contributed by atoms with Crippen molar-refractivity contribution in [3.05, 3.63) is 24.3 Å². The lowest BCUT2D eigenvalue weighted by Crippen LogP contribution is -2.34. The third kappa shape index (κ3) is 3.96. The van der Waals surface area contributed by atoms with Gasteiger partial charge in [0, 0.05) is 12.1 Å². The van der Waals surface area contributed by atoms with Crippen LogP contribution in [0.2, 0.25) is 0 Å². The number of ether oxygens (including phenoxy) is 1. The van der Waals surface area contributed by atoms with Crippen LogP contribution >= 0.6 is 0 Å². The Morgan fingerprint density at radius 2 is 1.92 bits per heavy atom.